The summed E-state index contributed by atoms with van der Waals surface area (Å²) in [6, 6.07) is 12.9. The number of carbonyl (C=O) groups excluding carboxylic acids is 1. The van der Waals surface area contributed by atoms with Gasteiger partial charge in [-0.25, -0.2) is 9.78 Å². The molecule has 2 aromatic carbocycles. The minimum Gasteiger partial charge on any atom is -0.507 e. The summed E-state index contributed by atoms with van der Waals surface area (Å²) in [5.74, 6) is -1.51. The smallest absolute Gasteiger partial charge is 0.342 e. The number of allylic oxidation sites excluding steroid dienone is 1. The third-order valence-electron chi connectivity index (χ3n) is 3.55. The van der Waals surface area contributed by atoms with Gasteiger partial charge in [-0.2, -0.15) is 5.26 Å². The molecule has 0 fully saturated rings. The number of para-hydroxylation sites is 2. The van der Waals surface area contributed by atoms with Gasteiger partial charge in [-0.3, -0.25) is 0 Å². The summed E-state index contributed by atoms with van der Waals surface area (Å²) < 4.78 is 4.95. The Balaban J connectivity index is 1.81. The number of hydrogen-bond acceptors (Lipinski definition) is 6. The van der Waals surface area contributed by atoms with Crippen LogP contribution in [0.2, 0.25) is 5.02 Å². The number of aliphatic hydroxyl groups is 1. The number of esters is 1. The van der Waals surface area contributed by atoms with Crippen LogP contribution < -0.4 is 0 Å². The molecule has 7 nitrogen and oxygen atoms in total. The van der Waals surface area contributed by atoms with Crippen LogP contribution >= 0.6 is 11.6 Å². The first-order valence-electron chi connectivity index (χ1n) is 7.42. The number of nitrogens with zero attached hydrogens (tertiary/aromatic N) is 2. The van der Waals surface area contributed by atoms with E-state index < -0.39 is 18.3 Å². The molecule has 0 aliphatic rings. The molecule has 3 N–H and O–H groups in total. The quantitative estimate of drug-likeness (QED) is 0.367. The molecule has 0 unspecified atom stereocenters. The van der Waals surface area contributed by atoms with Crippen LogP contribution in [-0.4, -0.2) is 32.8 Å². The van der Waals surface area contributed by atoms with Gasteiger partial charge >= 0.3 is 5.97 Å². The second-order valence-electron chi connectivity index (χ2n) is 5.27. The van der Waals surface area contributed by atoms with Gasteiger partial charge in [0.25, 0.3) is 0 Å². The third kappa shape index (κ3) is 3.45. The lowest BCUT2D eigenvalue weighted by molar-refractivity contribution is 0.0499. The van der Waals surface area contributed by atoms with Gasteiger partial charge in [-0.05, 0) is 30.3 Å². The Morgan fingerprint density at radius 1 is 1.31 bits per heavy atom. The van der Waals surface area contributed by atoms with Crippen LogP contribution in [0, 0.1) is 11.3 Å². The zero-order valence-corrected chi connectivity index (χ0v) is 14.0. The van der Waals surface area contributed by atoms with Crippen molar-refractivity contribution < 1.29 is 19.7 Å². The average molecular weight is 370 g/mol. The molecule has 3 aromatic rings. The molecule has 0 bridgehead atoms. The predicted molar refractivity (Wildman–Crippen MR) is 94.7 cm³/mol. The lowest BCUT2D eigenvalue weighted by atomic mass is 10.2. The number of ether oxygens (including phenoxy) is 1. The number of aromatic hydroxyl groups is 1. The number of H-pyrrole nitrogens is 1. The third-order valence-corrected chi connectivity index (χ3v) is 3.78. The Bertz CT molecular complexity index is 1030. The van der Waals surface area contributed by atoms with Crippen molar-refractivity contribution in [3.8, 4) is 11.8 Å². The molecule has 26 heavy (non-hydrogen) atoms. The first kappa shape index (κ1) is 17.3. The van der Waals surface area contributed by atoms with Gasteiger partial charge < -0.3 is 19.9 Å². The molecule has 0 saturated heterocycles. The van der Waals surface area contributed by atoms with Gasteiger partial charge in [0, 0.05) is 5.02 Å². The number of aromatic amines is 1. The number of fused-ring (bicyclic) bond motifs is 1. The van der Waals surface area contributed by atoms with E-state index in [2.05, 4.69) is 9.97 Å². The van der Waals surface area contributed by atoms with Crippen LogP contribution in [-0.2, 0) is 4.74 Å². The van der Waals surface area contributed by atoms with Crippen molar-refractivity contribution in [1.82, 2.24) is 9.97 Å². The standard InChI is InChI=1S/C18H12ClN3O4/c19-10-5-6-11(15(23)7-10)18(25)26-9-16(24)12(8-20)17-21-13-3-1-2-4-14(13)22-17/h1-7,23-24H,9H2,(H,21,22)/b16-12-. The molecule has 1 aromatic heterocycles. The molecule has 0 aliphatic carbocycles. The first-order chi connectivity index (χ1) is 12.5. The normalized spacial score (nSPS) is 11.7. The maximum Gasteiger partial charge on any atom is 0.342 e. The molecule has 0 atom stereocenters. The highest BCUT2D eigenvalue weighted by atomic mass is 35.5. The molecule has 0 saturated carbocycles. The Morgan fingerprint density at radius 3 is 2.77 bits per heavy atom. The van der Waals surface area contributed by atoms with E-state index in [-0.39, 0.29) is 27.7 Å². The van der Waals surface area contributed by atoms with Crippen molar-refractivity contribution in [2.75, 3.05) is 6.61 Å². The van der Waals surface area contributed by atoms with Gasteiger partial charge in [0.15, 0.2) is 11.6 Å². The summed E-state index contributed by atoms with van der Waals surface area (Å²) in [5.41, 5.74) is 1.08. The number of phenolic OH excluding ortho intramolecular Hbond substituents is 1. The van der Waals surface area contributed by atoms with Gasteiger partial charge in [-0.1, -0.05) is 23.7 Å². The maximum atomic E-state index is 12.0. The molecule has 0 aliphatic heterocycles. The molecule has 8 heteroatoms. The fraction of sp³-hybridized carbons (Fsp3) is 0.0556. The van der Waals surface area contributed by atoms with Crippen LogP contribution in [0.4, 0.5) is 0 Å². The van der Waals surface area contributed by atoms with Crippen LogP contribution in [0.3, 0.4) is 0 Å². The van der Waals surface area contributed by atoms with E-state index in [1.807, 2.05) is 6.07 Å². The minimum absolute atomic E-state index is 0.107. The van der Waals surface area contributed by atoms with Gasteiger partial charge in [0.05, 0.1) is 11.0 Å². The van der Waals surface area contributed by atoms with Crippen molar-refractivity contribution in [2.24, 2.45) is 0 Å². The number of hydrogen-bond donors (Lipinski definition) is 3. The second-order valence-corrected chi connectivity index (χ2v) is 5.71. The van der Waals surface area contributed by atoms with Crippen LogP contribution in [0.15, 0.2) is 48.2 Å². The van der Waals surface area contributed by atoms with Crippen molar-refractivity contribution in [2.45, 2.75) is 0 Å². The van der Waals surface area contributed by atoms with E-state index in [0.717, 1.165) is 0 Å². The summed E-state index contributed by atoms with van der Waals surface area (Å²) in [4.78, 5) is 19.1. The number of aliphatic hydroxyl groups excluding tert-OH is 1. The predicted octanol–water partition coefficient (Wildman–Crippen LogP) is 3.57. The lowest BCUT2D eigenvalue weighted by Gasteiger charge is -2.07. The van der Waals surface area contributed by atoms with Crippen molar-refractivity contribution in [1.29, 1.82) is 5.26 Å². The Kier molecular flexibility index (Phi) is 4.78. The number of nitriles is 1. The van der Waals surface area contributed by atoms with E-state index >= 15 is 0 Å². The van der Waals surface area contributed by atoms with Crippen LogP contribution in [0.5, 0.6) is 5.75 Å². The highest BCUT2D eigenvalue weighted by Gasteiger charge is 2.17. The number of nitrogens with one attached hydrogen (secondary N) is 1. The summed E-state index contributed by atoms with van der Waals surface area (Å²) in [7, 11) is 0. The first-order valence-corrected chi connectivity index (χ1v) is 7.80. The Morgan fingerprint density at radius 2 is 2.08 bits per heavy atom. The molecule has 3 rings (SSSR count). The van der Waals surface area contributed by atoms with Crippen molar-refractivity contribution in [3.63, 3.8) is 0 Å². The SMILES string of the molecule is N#C/C(=C(/O)COC(=O)c1ccc(Cl)cc1O)c1nc2ccccc2[nH]1. The topological polar surface area (TPSA) is 119 Å². The minimum atomic E-state index is -0.868. The van der Waals surface area contributed by atoms with Crippen molar-refractivity contribution >= 4 is 34.2 Å². The summed E-state index contributed by atoms with van der Waals surface area (Å²) in [6.45, 7) is -0.555. The van der Waals surface area contributed by atoms with E-state index in [0.29, 0.717) is 11.0 Å². The number of imidazole rings is 1. The van der Waals surface area contributed by atoms with Gasteiger partial charge in [-0.15, -0.1) is 0 Å². The lowest BCUT2D eigenvalue weighted by Crippen LogP contribution is -2.09. The van der Waals surface area contributed by atoms with Crippen molar-refractivity contribution in [3.05, 3.63) is 64.6 Å². The van der Waals surface area contributed by atoms with E-state index in [4.69, 9.17) is 16.3 Å². The summed E-state index contributed by atoms with van der Waals surface area (Å²) in [5, 5.41) is 29.4. The molecule has 0 radical (unpaired) electrons. The molecular weight excluding hydrogens is 358 g/mol. The zero-order chi connectivity index (χ0) is 18.7. The molecular formula is C18H12ClN3O4. The fourth-order valence-corrected chi connectivity index (χ4v) is 2.45. The average Bonchev–Trinajstić information content (AvgIpc) is 3.04. The van der Waals surface area contributed by atoms with Gasteiger partial charge in [0.2, 0.25) is 0 Å². The number of phenols is 1. The zero-order valence-electron chi connectivity index (χ0n) is 13.2. The van der Waals surface area contributed by atoms with E-state index in [1.165, 1.54) is 18.2 Å². The highest BCUT2D eigenvalue weighted by molar-refractivity contribution is 6.30. The summed E-state index contributed by atoms with van der Waals surface area (Å²) in [6.07, 6.45) is 0. The second kappa shape index (κ2) is 7.17. The number of carbonyl (C=O) groups is 1. The van der Waals surface area contributed by atoms with E-state index in [1.54, 1.807) is 24.3 Å². The number of rotatable bonds is 4. The van der Waals surface area contributed by atoms with E-state index in [9.17, 15) is 20.3 Å². The Labute approximate surface area is 152 Å². The van der Waals surface area contributed by atoms with Crippen LogP contribution in [0.25, 0.3) is 16.6 Å². The van der Waals surface area contributed by atoms with Crippen LogP contribution in [0.1, 0.15) is 16.2 Å². The molecule has 0 amide bonds. The van der Waals surface area contributed by atoms with Gasteiger partial charge in [0.1, 0.15) is 29.6 Å². The number of aromatic nitrogens is 2. The Hall–Kier alpha value is -3.50. The number of benzene rings is 2. The maximum absolute atomic E-state index is 12.0. The largest absolute Gasteiger partial charge is 0.507 e. The molecule has 130 valence electrons. The number of halogens is 1. The summed E-state index contributed by atoms with van der Waals surface area (Å²) >= 11 is 5.70. The monoisotopic (exact) mass is 369 g/mol. The molecule has 0 spiro atoms. The fourth-order valence-electron chi connectivity index (χ4n) is 2.29. The molecule has 1 heterocycles. The highest BCUT2D eigenvalue weighted by Crippen LogP contribution is 2.23.